The Morgan fingerprint density at radius 1 is 1.35 bits per heavy atom. The molecular formula is C18H20N6OS. The Morgan fingerprint density at radius 2 is 2.27 bits per heavy atom. The first kappa shape index (κ1) is 16.9. The molecule has 0 aromatic carbocycles. The quantitative estimate of drug-likeness (QED) is 0.749. The molecule has 4 rings (SSSR count). The van der Waals surface area contributed by atoms with E-state index in [1.54, 1.807) is 12.3 Å². The molecular weight excluding hydrogens is 348 g/mol. The molecule has 7 nitrogen and oxygen atoms in total. The summed E-state index contributed by atoms with van der Waals surface area (Å²) in [6.07, 6.45) is 5.66. The van der Waals surface area contributed by atoms with Crippen LogP contribution in [0.2, 0.25) is 0 Å². The maximum atomic E-state index is 12.4. The van der Waals surface area contributed by atoms with Crippen LogP contribution in [0.15, 0.2) is 42.0 Å². The molecule has 0 spiro atoms. The number of carbonyl (C=O) groups is 1. The van der Waals surface area contributed by atoms with E-state index in [9.17, 15) is 4.79 Å². The number of pyridine rings is 1. The van der Waals surface area contributed by atoms with Gasteiger partial charge in [0.25, 0.3) is 5.91 Å². The third-order valence-electron chi connectivity index (χ3n) is 4.65. The Morgan fingerprint density at radius 3 is 3.04 bits per heavy atom. The minimum Gasteiger partial charge on any atom is -0.296 e. The van der Waals surface area contributed by atoms with E-state index in [2.05, 4.69) is 25.3 Å². The van der Waals surface area contributed by atoms with Gasteiger partial charge in [-0.1, -0.05) is 6.07 Å². The Labute approximate surface area is 155 Å². The third-order valence-corrected chi connectivity index (χ3v) is 5.34. The lowest BCUT2D eigenvalue weighted by molar-refractivity contribution is 0.102. The summed E-state index contributed by atoms with van der Waals surface area (Å²) < 4.78 is 1.90. The zero-order valence-electron chi connectivity index (χ0n) is 14.5. The van der Waals surface area contributed by atoms with Crippen molar-refractivity contribution >= 4 is 22.4 Å². The number of nitrogens with zero attached hydrogens (tertiary/aromatic N) is 5. The van der Waals surface area contributed by atoms with Crippen molar-refractivity contribution in [3.63, 3.8) is 0 Å². The number of rotatable bonds is 5. The number of hydrogen-bond donors (Lipinski definition) is 1. The summed E-state index contributed by atoms with van der Waals surface area (Å²) in [7, 11) is 1.96. The molecule has 4 heterocycles. The lowest BCUT2D eigenvalue weighted by Gasteiger charge is -2.24. The zero-order valence-corrected chi connectivity index (χ0v) is 15.3. The second-order valence-corrected chi connectivity index (χ2v) is 7.21. The highest BCUT2D eigenvalue weighted by atomic mass is 32.1. The van der Waals surface area contributed by atoms with Crippen LogP contribution >= 0.6 is 11.3 Å². The molecule has 1 N–H and O–H groups in total. The smallest absolute Gasteiger partial charge is 0.276 e. The Balaban J connectivity index is 1.51. The van der Waals surface area contributed by atoms with E-state index in [0.29, 0.717) is 10.8 Å². The van der Waals surface area contributed by atoms with Crippen molar-refractivity contribution in [1.29, 1.82) is 0 Å². The van der Waals surface area contributed by atoms with Gasteiger partial charge in [0.2, 0.25) is 0 Å². The van der Waals surface area contributed by atoms with Crippen molar-refractivity contribution in [2.75, 3.05) is 11.9 Å². The number of thiazole rings is 1. The van der Waals surface area contributed by atoms with Crippen LogP contribution in [0.1, 0.15) is 40.8 Å². The fourth-order valence-electron chi connectivity index (χ4n) is 3.32. The van der Waals surface area contributed by atoms with Gasteiger partial charge in [0, 0.05) is 31.4 Å². The first-order chi connectivity index (χ1) is 12.7. The van der Waals surface area contributed by atoms with E-state index in [-0.39, 0.29) is 11.9 Å². The number of aryl methyl sites for hydroxylation is 1. The van der Waals surface area contributed by atoms with Crippen LogP contribution in [0.25, 0.3) is 0 Å². The first-order valence-corrected chi connectivity index (χ1v) is 9.47. The fourth-order valence-corrected chi connectivity index (χ4v) is 3.85. The molecule has 3 aromatic heterocycles. The van der Waals surface area contributed by atoms with Crippen LogP contribution in [-0.4, -0.2) is 37.1 Å². The molecule has 0 unspecified atom stereocenters. The SMILES string of the molecule is Cn1nccc1CN1CCC[C@@H]1c1cccc(C(=O)Nc2nccs2)n1. The van der Waals surface area contributed by atoms with Gasteiger partial charge in [-0.15, -0.1) is 11.3 Å². The highest BCUT2D eigenvalue weighted by Crippen LogP contribution is 2.32. The standard InChI is InChI=1S/C18H20N6OS/c1-23-13(7-8-20-23)12-24-10-3-6-16(24)14-4-2-5-15(21-14)17(25)22-18-19-9-11-26-18/h2,4-5,7-9,11,16H,3,6,10,12H2,1H3,(H,19,22,25)/t16-/m1/s1. The minimum absolute atomic E-state index is 0.220. The number of aromatic nitrogens is 4. The van der Waals surface area contributed by atoms with E-state index < -0.39 is 0 Å². The maximum Gasteiger partial charge on any atom is 0.276 e. The lowest BCUT2D eigenvalue weighted by Crippen LogP contribution is -2.25. The van der Waals surface area contributed by atoms with Gasteiger partial charge in [-0.05, 0) is 37.6 Å². The summed E-state index contributed by atoms with van der Waals surface area (Å²) in [6.45, 7) is 1.85. The van der Waals surface area contributed by atoms with E-state index in [1.807, 2.05) is 41.5 Å². The summed E-state index contributed by atoms with van der Waals surface area (Å²) in [5.41, 5.74) is 2.54. The number of amides is 1. The summed E-state index contributed by atoms with van der Waals surface area (Å²) in [4.78, 5) is 23.6. The van der Waals surface area contributed by atoms with Gasteiger partial charge in [-0.25, -0.2) is 9.97 Å². The van der Waals surface area contributed by atoms with Gasteiger partial charge in [0.15, 0.2) is 5.13 Å². The minimum atomic E-state index is -0.224. The van der Waals surface area contributed by atoms with Crippen molar-refractivity contribution in [1.82, 2.24) is 24.6 Å². The largest absolute Gasteiger partial charge is 0.296 e. The van der Waals surface area contributed by atoms with Gasteiger partial charge < -0.3 is 0 Å². The van der Waals surface area contributed by atoms with Crippen molar-refractivity contribution < 1.29 is 4.79 Å². The number of carbonyl (C=O) groups excluding carboxylic acids is 1. The predicted octanol–water partition coefficient (Wildman–Crippen LogP) is 2.86. The normalized spacial score (nSPS) is 17.5. The highest BCUT2D eigenvalue weighted by molar-refractivity contribution is 7.13. The van der Waals surface area contributed by atoms with Crippen LogP contribution in [-0.2, 0) is 13.6 Å². The van der Waals surface area contributed by atoms with Crippen LogP contribution in [0.4, 0.5) is 5.13 Å². The van der Waals surface area contributed by atoms with Crippen LogP contribution in [0.5, 0.6) is 0 Å². The van der Waals surface area contributed by atoms with E-state index in [4.69, 9.17) is 0 Å². The summed E-state index contributed by atoms with van der Waals surface area (Å²) in [6, 6.07) is 7.91. The lowest BCUT2D eigenvalue weighted by atomic mass is 10.1. The van der Waals surface area contributed by atoms with Crippen molar-refractivity contribution in [3.05, 3.63) is 59.1 Å². The predicted molar refractivity (Wildman–Crippen MR) is 99.9 cm³/mol. The monoisotopic (exact) mass is 368 g/mol. The number of likely N-dealkylation sites (tertiary alicyclic amines) is 1. The number of nitrogens with one attached hydrogen (secondary N) is 1. The molecule has 8 heteroatoms. The molecule has 1 saturated heterocycles. The zero-order chi connectivity index (χ0) is 17.9. The molecule has 1 fully saturated rings. The molecule has 0 aliphatic carbocycles. The molecule has 3 aromatic rings. The summed E-state index contributed by atoms with van der Waals surface area (Å²) in [5, 5.41) is 9.45. The molecule has 1 atom stereocenters. The van der Waals surface area contributed by atoms with Gasteiger partial charge in [-0.3, -0.25) is 19.7 Å². The Kier molecular flexibility index (Phi) is 4.77. The van der Waals surface area contributed by atoms with E-state index >= 15 is 0 Å². The molecule has 0 saturated carbocycles. The Bertz CT molecular complexity index is 891. The van der Waals surface area contributed by atoms with Gasteiger partial charge in [-0.2, -0.15) is 5.10 Å². The molecule has 0 bridgehead atoms. The van der Waals surface area contributed by atoms with Gasteiger partial charge >= 0.3 is 0 Å². The highest BCUT2D eigenvalue weighted by Gasteiger charge is 2.28. The molecule has 1 aliphatic heterocycles. The number of hydrogen-bond acceptors (Lipinski definition) is 6. The van der Waals surface area contributed by atoms with Gasteiger partial charge in [0.1, 0.15) is 5.69 Å². The van der Waals surface area contributed by atoms with Crippen molar-refractivity contribution in [2.45, 2.75) is 25.4 Å². The molecule has 1 aliphatic rings. The van der Waals surface area contributed by atoms with E-state index in [1.165, 1.54) is 17.0 Å². The third kappa shape index (κ3) is 3.51. The molecule has 26 heavy (non-hydrogen) atoms. The average molecular weight is 368 g/mol. The fraction of sp³-hybridized carbons (Fsp3) is 0.333. The second kappa shape index (κ2) is 7.35. The van der Waals surface area contributed by atoms with Crippen molar-refractivity contribution in [2.24, 2.45) is 7.05 Å². The first-order valence-electron chi connectivity index (χ1n) is 8.59. The van der Waals surface area contributed by atoms with Crippen molar-refractivity contribution in [3.8, 4) is 0 Å². The molecule has 0 radical (unpaired) electrons. The summed E-state index contributed by atoms with van der Waals surface area (Å²) >= 11 is 1.39. The van der Waals surface area contributed by atoms with E-state index in [0.717, 1.165) is 31.6 Å². The van der Waals surface area contributed by atoms with Crippen LogP contribution < -0.4 is 5.32 Å². The average Bonchev–Trinajstić information content (AvgIpc) is 3.39. The second-order valence-electron chi connectivity index (χ2n) is 6.31. The maximum absolute atomic E-state index is 12.4. The van der Waals surface area contributed by atoms with Crippen LogP contribution in [0, 0.1) is 0 Å². The molecule has 1 amide bonds. The van der Waals surface area contributed by atoms with Gasteiger partial charge in [0.05, 0.1) is 17.4 Å². The number of anilines is 1. The summed E-state index contributed by atoms with van der Waals surface area (Å²) in [5.74, 6) is -0.224. The Hall–Kier alpha value is -2.58. The van der Waals surface area contributed by atoms with Crippen LogP contribution in [0.3, 0.4) is 0 Å². The topological polar surface area (TPSA) is 75.9 Å². The molecule has 134 valence electrons.